The minimum atomic E-state index is -3.36. The van der Waals surface area contributed by atoms with Gasteiger partial charge in [-0.3, -0.25) is 9.59 Å². The van der Waals surface area contributed by atoms with E-state index in [-0.39, 0.29) is 23.5 Å². The topological polar surface area (TPSA) is 92.3 Å². The molecule has 39 heavy (non-hydrogen) atoms. The van der Waals surface area contributed by atoms with E-state index >= 15 is 0 Å². The smallest absolute Gasteiger partial charge is 0.387 e. The fraction of sp³-hybridized carbons (Fsp3) is 0.440. The fourth-order valence-electron chi connectivity index (χ4n) is 4.41. The normalized spacial score (nSPS) is 19.1. The van der Waals surface area contributed by atoms with Gasteiger partial charge in [-0.2, -0.15) is 26.3 Å². The quantitative estimate of drug-likeness (QED) is 0.284. The van der Waals surface area contributed by atoms with Crippen LogP contribution < -0.4 is 24.3 Å². The lowest BCUT2D eigenvalue weighted by Crippen LogP contribution is -2.44. The van der Waals surface area contributed by atoms with Gasteiger partial charge < -0.3 is 29.0 Å². The number of methoxy groups -OCH3 is 1. The summed E-state index contributed by atoms with van der Waals surface area (Å²) < 4.78 is 99.7. The molecule has 0 aliphatic heterocycles. The molecule has 1 aliphatic carbocycles. The van der Waals surface area contributed by atoms with Gasteiger partial charge in [-0.1, -0.05) is 6.07 Å². The summed E-state index contributed by atoms with van der Waals surface area (Å²) >= 11 is 0. The van der Waals surface area contributed by atoms with Crippen LogP contribution >= 0.6 is 0 Å². The van der Waals surface area contributed by atoms with Crippen LogP contribution in [-0.2, 0) is 9.53 Å². The molecule has 0 saturated heterocycles. The number of ether oxygens (including phenoxy) is 5. The summed E-state index contributed by atoms with van der Waals surface area (Å²) in [5.41, 5.74) is 0.379. The highest BCUT2D eigenvalue weighted by Gasteiger charge is 2.35. The first-order valence-electron chi connectivity index (χ1n) is 11.6. The maximum absolute atomic E-state index is 13.1. The van der Waals surface area contributed by atoms with E-state index in [1.165, 1.54) is 32.2 Å². The number of nitrogens with one attached hydrogen (secondary N) is 1. The van der Waals surface area contributed by atoms with Gasteiger partial charge in [0.05, 0.1) is 7.11 Å². The second-order valence-corrected chi connectivity index (χ2v) is 8.44. The molecule has 3 rings (SSSR count). The zero-order valence-electron chi connectivity index (χ0n) is 20.7. The number of carbonyl (C=O) groups is 2. The van der Waals surface area contributed by atoms with E-state index in [2.05, 4.69) is 19.5 Å². The van der Waals surface area contributed by atoms with E-state index in [9.17, 15) is 35.9 Å². The summed E-state index contributed by atoms with van der Waals surface area (Å²) in [6, 6.07) is 6.51. The average molecular weight is 565 g/mol. The molecule has 8 nitrogen and oxygen atoms in total. The van der Waals surface area contributed by atoms with Gasteiger partial charge in [-0.05, 0) is 55.2 Å². The Bertz CT molecular complexity index is 1150. The molecule has 0 aromatic heterocycles. The van der Waals surface area contributed by atoms with Gasteiger partial charge in [0.1, 0.15) is 6.10 Å². The van der Waals surface area contributed by atoms with Crippen molar-refractivity contribution in [3.05, 3.63) is 47.5 Å². The molecule has 2 aromatic carbocycles. The molecule has 0 bridgehead atoms. The lowest BCUT2D eigenvalue weighted by Gasteiger charge is -2.36. The Hall–Kier alpha value is -3.84. The van der Waals surface area contributed by atoms with Crippen molar-refractivity contribution < 1.29 is 59.6 Å². The minimum Gasteiger partial charge on any atom is -0.493 e. The van der Waals surface area contributed by atoms with E-state index in [1.54, 1.807) is 0 Å². The van der Waals surface area contributed by atoms with Crippen LogP contribution in [0.4, 0.5) is 26.3 Å². The predicted octanol–water partition coefficient (Wildman–Crippen LogP) is 5.50. The highest BCUT2D eigenvalue weighted by Crippen LogP contribution is 2.39. The van der Waals surface area contributed by atoms with Crippen LogP contribution in [0.15, 0.2) is 36.4 Å². The Kier molecular flexibility index (Phi) is 10.1. The number of rotatable bonds is 11. The van der Waals surface area contributed by atoms with Crippen molar-refractivity contribution in [1.82, 2.24) is 5.32 Å². The van der Waals surface area contributed by atoms with Crippen LogP contribution in [0, 0.1) is 0 Å². The van der Waals surface area contributed by atoms with E-state index < -0.39 is 61.3 Å². The Morgan fingerprint density at radius 1 is 0.821 bits per heavy atom. The number of carbonyl (C=O) groups excluding carboxylic acids is 2. The fourth-order valence-corrected chi connectivity index (χ4v) is 4.41. The summed E-state index contributed by atoms with van der Waals surface area (Å²) in [7, 11) is 1.26. The first-order chi connectivity index (χ1) is 18.5. The Labute approximate surface area is 219 Å². The molecule has 3 unspecified atom stereocenters. The number of alkyl halides is 6. The summed E-state index contributed by atoms with van der Waals surface area (Å²) in [6.07, 6.45) is 0.453. The van der Waals surface area contributed by atoms with Gasteiger partial charge in [0, 0.05) is 24.4 Å². The average Bonchev–Trinajstić information content (AvgIpc) is 2.85. The number of amides is 1. The van der Waals surface area contributed by atoms with Crippen molar-refractivity contribution >= 4 is 11.9 Å². The van der Waals surface area contributed by atoms with Crippen LogP contribution in [0.25, 0.3) is 0 Å². The third-order valence-electron chi connectivity index (χ3n) is 5.92. The van der Waals surface area contributed by atoms with Crippen LogP contribution in [0.1, 0.15) is 48.0 Å². The summed E-state index contributed by atoms with van der Waals surface area (Å²) in [4.78, 5) is 24.6. The number of benzene rings is 2. The predicted molar refractivity (Wildman–Crippen MR) is 123 cm³/mol. The molecule has 2 aromatic rings. The molecule has 3 atom stereocenters. The van der Waals surface area contributed by atoms with E-state index in [1.807, 2.05) is 0 Å². The van der Waals surface area contributed by atoms with E-state index in [0.29, 0.717) is 18.4 Å². The van der Waals surface area contributed by atoms with Crippen molar-refractivity contribution in [3.8, 4) is 23.0 Å². The third-order valence-corrected chi connectivity index (χ3v) is 5.92. The second kappa shape index (κ2) is 13.3. The van der Waals surface area contributed by atoms with Crippen molar-refractivity contribution in [3.63, 3.8) is 0 Å². The molecule has 0 radical (unpaired) electrons. The standard InChI is InChI=1S/C25H25F6NO7/c1-12(33)36-15-5-6-17(16(11-15)13-3-7-18(37-23(26)27)20(9-13)35-2)32-22(34)14-4-8-19(38-24(28)29)21(10-14)39-25(30)31/h3-4,7-10,15-17,23-25H,5-6,11H2,1-2H3,(H,32,34). The van der Waals surface area contributed by atoms with Gasteiger partial charge >= 0.3 is 25.8 Å². The zero-order valence-corrected chi connectivity index (χ0v) is 20.7. The molecule has 0 heterocycles. The lowest BCUT2D eigenvalue weighted by molar-refractivity contribution is -0.148. The maximum atomic E-state index is 13.1. The molecule has 1 aliphatic rings. The maximum Gasteiger partial charge on any atom is 0.387 e. The van der Waals surface area contributed by atoms with Gasteiger partial charge in [-0.15, -0.1) is 0 Å². The van der Waals surface area contributed by atoms with Crippen molar-refractivity contribution in [2.24, 2.45) is 0 Å². The van der Waals surface area contributed by atoms with Gasteiger partial charge in [0.2, 0.25) is 0 Å². The van der Waals surface area contributed by atoms with Crippen molar-refractivity contribution in [2.75, 3.05) is 7.11 Å². The molecule has 14 heteroatoms. The molecule has 1 amide bonds. The van der Waals surface area contributed by atoms with E-state index in [0.717, 1.165) is 18.2 Å². The number of esters is 1. The third kappa shape index (κ3) is 8.32. The molecule has 0 spiro atoms. The first kappa shape index (κ1) is 29.7. The number of halogens is 6. The summed E-state index contributed by atoms with van der Waals surface area (Å²) in [6.45, 7) is -8.51. The zero-order chi connectivity index (χ0) is 28.7. The minimum absolute atomic E-state index is 0.0101. The Morgan fingerprint density at radius 2 is 1.41 bits per heavy atom. The molecule has 1 N–H and O–H groups in total. The van der Waals surface area contributed by atoms with Gasteiger partial charge in [-0.25, -0.2) is 0 Å². The second-order valence-electron chi connectivity index (χ2n) is 8.44. The lowest BCUT2D eigenvalue weighted by atomic mass is 9.78. The Morgan fingerprint density at radius 3 is 2.00 bits per heavy atom. The number of hydrogen-bond acceptors (Lipinski definition) is 7. The first-order valence-corrected chi connectivity index (χ1v) is 11.6. The van der Waals surface area contributed by atoms with Gasteiger partial charge in [0.15, 0.2) is 23.0 Å². The summed E-state index contributed by atoms with van der Waals surface area (Å²) in [5, 5.41) is 2.78. The van der Waals surface area contributed by atoms with Crippen LogP contribution in [-0.4, -0.2) is 51.0 Å². The molecular formula is C25H25F6NO7. The van der Waals surface area contributed by atoms with Crippen molar-refractivity contribution in [1.29, 1.82) is 0 Å². The van der Waals surface area contributed by atoms with Crippen LogP contribution in [0.3, 0.4) is 0 Å². The monoisotopic (exact) mass is 565 g/mol. The molecule has 1 saturated carbocycles. The molecular weight excluding hydrogens is 540 g/mol. The SMILES string of the molecule is COc1cc(C2CC(OC(C)=O)CCC2NC(=O)c2ccc(OC(F)F)c(OC(F)F)c2)ccc1OC(F)F. The highest BCUT2D eigenvalue weighted by molar-refractivity contribution is 5.95. The van der Waals surface area contributed by atoms with Crippen LogP contribution in [0.2, 0.25) is 0 Å². The largest absolute Gasteiger partial charge is 0.493 e. The van der Waals surface area contributed by atoms with Crippen LogP contribution in [0.5, 0.6) is 23.0 Å². The highest BCUT2D eigenvalue weighted by atomic mass is 19.3. The van der Waals surface area contributed by atoms with Crippen molar-refractivity contribution in [2.45, 2.75) is 64.1 Å². The van der Waals surface area contributed by atoms with Gasteiger partial charge in [0.25, 0.3) is 5.91 Å². The molecule has 1 fully saturated rings. The number of hydrogen-bond donors (Lipinski definition) is 1. The molecule has 214 valence electrons. The Balaban J connectivity index is 1.89. The summed E-state index contributed by atoms with van der Waals surface area (Å²) in [5.74, 6) is -3.37. The van der Waals surface area contributed by atoms with E-state index in [4.69, 9.17) is 9.47 Å².